The van der Waals surface area contributed by atoms with Crippen LogP contribution in [0.4, 0.5) is 5.69 Å². The van der Waals surface area contributed by atoms with Gasteiger partial charge in [-0.2, -0.15) is 0 Å². The van der Waals surface area contributed by atoms with Gasteiger partial charge in [-0.1, -0.05) is 32.0 Å². The molecule has 3 heterocycles. The Morgan fingerprint density at radius 2 is 1.86 bits per heavy atom. The third kappa shape index (κ3) is 3.23. The van der Waals surface area contributed by atoms with Crippen LogP contribution in [0.3, 0.4) is 0 Å². The molecule has 1 aliphatic heterocycles. The van der Waals surface area contributed by atoms with Gasteiger partial charge in [0.1, 0.15) is 6.04 Å². The molecule has 0 radical (unpaired) electrons. The second kappa shape index (κ2) is 7.39. The fourth-order valence-electron chi connectivity index (χ4n) is 3.48. The summed E-state index contributed by atoms with van der Waals surface area (Å²) in [5.41, 5.74) is 2.13. The Kier molecular flexibility index (Phi) is 4.76. The van der Waals surface area contributed by atoms with E-state index in [1.165, 1.54) is 17.2 Å². The maximum atomic E-state index is 13.0. The van der Waals surface area contributed by atoms with E-state index in [4.69, 9.17) is 4.42 Å². The van der Waals surface area contributed by atoms with E-state index in [2.05, 4.69) is 18.8 Å². The summed E-state index contributed by atoms with van der Waals surface area (Å²) < 4.78 is 5.21. The van der Waals surface area contributed by atoms with Crippen LogP contribution in [0.5, 0.6) is 0 Å². The van der Waals surface area contributed by atoms with E-state index >= 15 is 0 Å². The lowest BCUT2D eigenvalue weighted by Gasteiger charge is -2.26. The highest BCUT2D eigenvalue weighted by Gasteiger charge is 2.45. The van der Waals surface area contributed by atoms with Gasteiger partial charge in [0, 0.05) is 11.9 Å². The van der Waals surface area contributed by atoms with Crippen LogP contribution >= 0.6 is 0 Å². The smallest absolute Gasteiger partial charge is 0.294 e. The summed E-state index contributed by atoms with van der Waals surface area (Å²) in [5, 5.41) is 10.6. The Morgan fingerprint density at radius 3 is 2.45 bits per heavy atom. The van der Waals surface area contributed by atoms with Crippen molar-refractivity contribution in [1.82, 2.24) is 4.98 Å². The minimum Gasteiger partial charge on any atom is -0.503 e. The molecular weight excluding hydrogens is 368 g/mol. The molecule has 146 valence electrons. The number of carbonyl (C=O) groups excluding carboxylic acids is 2. The van der Waals surface area contributed by atoms with E-state index in [-0.39, 0.29) is 11.3 Å². The number of pyridine rings is 1. The number of anilines is 1. The van der Waals surface area contributed by atoms with E-state index in [1.54, 1.807) is 30.5 Å². The first-order chi connectivity index (χ1) is 14.0. The quantitative estimate of drug-likeness (QED) is 0.647. The number of aliphatic hydroxyl groups is 1. The molecule has 0 fully saturated rings. The highest BCUT2D eigenvalue weighted by atomic mass is 16.3. The number of benzene rings is 1. The van der Waals surface area contributed by atoms with Gasteiger partial charge in [0.25, 0.3) is 5.91 Å². The fourth-order valence-corrected chi connectivity index (χ4v) is 3.48. The van der Waals surface area contributed by atoms with Gasteiger partial charge >= 0.3 is 0 Å². The van der Waals surface area contributed by atoms with Crippen molar-refractivity contribution in [2.75, 3.05) is 4.90 Å². The van der Waals surface area contributed by atoms with Crippen LogP contribution in [0.25, 0.3) is 0 Å². The molecule has 1 aliphatic rings. The molecule has 0 aliphatic carbocycles. The van der Waals surface area contributed by atoms with Crippen molar-refractivity contribution in [2.24, 2.45) is 0 Å². The molecule has 0 saturated carbocycles. The number of furan rings is 1. The Labute approximate surface area is 168 Å². The van der Waals surface area contributed by atoms with E-state index in [1.807, 2.05) is 24.3 Å². The molecule has 0 bridgehead atoms. The topological polar surface area (TPSA) is 83.6 Å². The van der Waals surface area contributed by atoms with Crippen LogP contribution in [0.2, 0.25) is 0 Å². The molecule has 3 aromatic rings. The van der Waals surface area contributed by atoms with E-state index in [0.29, 0.717) is 17.3 Å². The average Bonchev–Trinajstić information content (AvgIpc) is 3.36. The molecule has 29 heavy (non-hydrogen) atoms. The van der Waals surface area contributed by atoms with Gasteiger partial charge in [0.15, 0.2) is 11.5 Å². The van der Waals surface area contributed by atoms with Gasteiger partial charge in [-0.15, -0.1) is 0 Å². The third-order valence-electron chi connectivity index (χ3n) is 5.00. The first kappa shape index (κ1) is 18.7. The van der Waals surface area contributed by atoms with Crippen molar-refractivity contribution in [2.45, 2.75) is 25.8 Å². The summed E-state index contributed by atoms with van der Waals surface area (Å²) in [6, 6.07) is 15.0. The van der Waals surface area contributed by atoms with Gasteiger partial charge in [-0.05, 0) is 47.9 Å². The van der Waals surface area contributed by atoms with Crippen LogP contribution in [-0.2, 0) is 4.79 Å². The number of aliphatic hydroxyl groups excluding tert-OH is 1. The molecule has 6 heteroatoms. The molecule has 0 saturated heterocycles. The number of Topliss-reactive ketones (excluding diaryl/α,β-unsaturated/α-hetero) is 1. The first-order valence-corrected chi connectivity index (χ1v) is 9.35. The Balaban J connectivity index is 1.83. The average molecular weight is 388 g/mol. The lowest BCUT2D eigenvalue weighted by Crippen LogP contribution is -2.31. The first-order valence-electron chi connectivity index (χ1n) is 9.35. The number of rotatable bonds is 5. The molecule has 2 aromatic heterocycles. The minimum absolute atomic E-state index is 0.0448. The van der Waals surface area contributed by atoms with Crippen molar-refractivity contribution < 1.29 is 19.1 Å². The van der Waals surface area contributed by atoms with Gasteiger partial charge in [-0.3, -0.25) is 19.5 Å². The van der Waals surface area contributed by atoms with Crippen LogP contribution in [0.1, 0.15) is 47.6 Å². The molecule has 6 nitrogen and oxygen atoms in total. The lowest BCUT2D eigenvalue weighted by atomic mass is 9.98. The van der Waals surface area contributed by atoms with Crippen molar-refractivity contribution >= 4 is 17.4 Å². The van der Waals surface area contributed by atoms with E-state index < -0.39 is 23.5 Å². The second-order valence-electron chi connectivity index (χ2n) is 7.15. The van der Waals surface area contributed by atoms with Crippen molar-refractivity contribution in [1.29, 1.82) is 0 Å². The number of carbonyl (C=O) groups is 2. The van der Waals surface area contributed by atoms with E-state index in [0.717, 1.165) is 5.56 Å². The summed E-state index contributed by atoms with van der Waals surface area (Å²) in [6.07, 6.45) is 2.96. The van der Waals surface area contributed by atoms with E-state index in [9.17, 15) is 14.7 Å². The Bertz CT molecular complexity index is 1070. The molecular formula is C23H20N2O4. The minimum atomic E-state index is -0.855. The maximum absolute atomic E-state index is 13.0. The zero-order valence-corrected chi connectivity index (χ0v) is 16.1. The van der Waals surface area contributed by atoms with Crippen LogP contribution in [-0.4, -0.2) is 21.8 Å². The van der Waals surface area contributed by atoms with Gasteiger partial charge < -0.3 is 9.52 Å². The summed E-state index contributed by atoms with van der Waals surface area (Å²) in [5.74, 6) is -1.38. The van der Waals surface area contributed by atoms with Crippen molar-refractivity contribution in [3.05, 3.63) is 95.4 Å². The van der Waals surface area contributed by atoms with Crippen molar-refractivity contribution in [3.8, 4) is 0 Å². The third-order valence-corrected chi connectivity index (χ3v) is 5.00. The number of hydrogen-bond donors (Lipinski definition) is 1. The zero-order valence-electron chi connectivity index (χ0n) is 16.1. The fraction of sp³-hybridized carbons (Fsp3) is 0.174. The van der Waals surface area contributed by atoms with Crippen LogP contribution in [0, 0.1) is 0 Å². The zero-order chi connectivity index (χ0) is 20.5. The second-order valence-corrected chi connectivity index (χ2v) is 7.15. The number of nitrogens with zero attached hydrogens (tertiary/aromatic N) is 2. The molecule has 1 unspecified atom stereocenters. The number of ketones is 1. The normalized spacial score (nSPS) is 16.7. The number of aromatic nitrogens is 1. The van der Waals surface area contributed by atoms with Gasteiger partial charge in [0.05, 0.1) is 17.5 Å². The van der Waals surface area contributed by atoms with Crippen molar-refractivity contribution in [3.63, 3.8) is 0 Å². The molecule has 0 spiro atoms. The van der Waals surface area contributed by atoms with Crippen LogP contribution in [0.15, 0.2) is 82.8 Å². The summed E-state index contributed by atoms with van der Waals surface area (Å²) >= 11 is 0. The summed E-state index contributed by atoms with van der Waals surface area (Å²) in [4.78, 5) is 31.8. The molecule has 4 rings (SSSR count). The molecule has 1 amide bonds. The van der Waals surface area contributed by atoms with Crippen LogP contribution < -0.4 is 4.90 Å². The Morgan fingerprint density at radius 1 is 1.10 bits per heavy atom. The monoisotopic (exact) mass is 388 g/mol. The molecule has 1 N–H and O–H groups in total. The molecule has 1 atom stereocenters. The van der Waals surface area contributed by atoms with Gasteiger partial charge in [-0.25, -0.2) is 0 Å². The highest BCUT2D eigenvalue weighted by Crippen LogP contribution is 2.41. The largest absolute Gasteiger partial charge is 0.503 e. The summed E-state index contributed by atoms with van der Waals surface area (Å²) in [6.45, 7) is 4.17. The standard InChI is InChI=1S/C23H20N2O4/c1-14(2)15-8-10-16(11-9-15)25-20(17-6-3-4-12-24-17)19(22(27)23(25)28)21(26)18-7-5-13-29-18/h3-14,20,27H,1-2H3. The summed E-state index contributed by atoms with van der Waals surface area (Å²) in [7, 11) is 0. The highest BCUT2D eigenvalue weighted by molar-refractivity contribution is 6.20. The number of hydrogen-bond acceptors (Lipinski definition) is 5. The SMILES string of the molecule is CC(C)c1ccc(N2C(=O)C(O)=C(C(=O)c3ccco3)C2c2ccccn2)cc1. The Hall–Kier alpha value is -3.67. The number of amides is 1. The van der Waals surface area contributed by atoms with Gasteiger partial charge in [0.2, 0.25) is 5.78 Å². The predicted molar refractivity (Wildman–Crippen MR) is 108 cm³/mol. The maximum Gasteiger partial charge on any atom is 0.294 e. The lowest BCUT2D eigenvalue weighted by molar-refractivity contribution is -0.117. The molecule has 1 aromatic carbocycles. The predicted octanol–water partition coefficient (Wildman–Crippen LogP) is 4.58.